The Kier molecular flexibility index (Phi) is 6.81. The van der Waals surface area contributed by atoms with Gasteiger partial charge in [0.1, 0.15) is 0 Å². The maximum atomic E-state index is 13.1. The lowest BCUT2D eigenvalue weighted by Gasteiger charge is -2.19. The normalized spacial score (nSPS) is 11.3. The van der Waals surface area contributed by atoms with Crippen molar-refractivity contribution in [2.45, 2.75) is 25.2 Å². The summed E-state index contributed by atoms with van der Waals surface area (Å²) in [6.45, 7) is 3.94. The van der Waals surface area contributed by atoms with Crippen LogP contribution in [0.3, 0.4) is 0 Å². The van der Waals surface area contributed by atoms with Crippen LogP contribution in [-0.2, 0) is 21.2 Å². The molecule has 6 nitrogen and oxygen atoms in total. The van der Waals surface area contributed by atoms with Crippen LogP contribution in [0.25, 0.3) is 11.3 Å². The molecule has 4 rings (SSSR count). The highest BCUT2D eigenvalue weighted by atomic mass is 32.2. The van der Waals surface area contributed by atoms with Gasteiger partial charge in [-0.15, -0.1) is 11.3 Å². The largest absolute Gasteiger partial charge is 0.326 e. The third-order valence-corrected chi connectivity index (χ3v) is 8.10. The second-order valence-electron chi connectivity index (χ2n) is 7.93. The third kappa shape index (κ3) is 5.18. The van der Waals surface area contributed by atoms with E-state index in [-0.39, 0.29) is 17.2 Å². The Morgan fingerprint density at radius 1 is 0.971 bits per heavy atom. The van der Waals surface area contributed by atoms with Crippen molar-refractivity contribution in [2.24, 2.45) is 0 Å². The van der Waals surface area contributed by atoms with Gasteiger partial charge in [0, 0.05) is 23.2 Å². The van der Waals surface area contributed by atoms with Gasteiger partial charge in [-0.25, -0.2) is 13.4 Å². The van der Waals surface area contributed by atoms with Crippen molar-refractivity contribution in [2.75, 3.05) is 16.7 Å². The van der Waals surface area contributed by atoms with E-state index in [0.29, 0.717) is 11.4 Å². The zero-order valence-corrected chi connectivity index (χ0v) is 20.8. The van der Waals surface area contributed by atoms with Gasteiger partial charge in [0.25, 0.3) is 10.0 Å². The molecule has 174 valence electrons. The van der Waals surface area contributed by atoms with Crippen molar-refractivity contribution in [3.8, 4) is 11.3 Å². The molecule has 0 radical (unpaired) electrons. The number of hydrogen-bond donors (Lipinski definition) is 1. The van der Waals surface area contributed by atoms with Gasteiger partial charge in [0.05, 0.1) is 27.7 Å². The van der Waals surface area contributed by atoms with Crippen molar-refractivity contribution in [3.63, 3.8) is 0 Å². The number of aryl methyl sites for hydroxylation is 2. The Balaban J connectivity index is 1.52. The molecule has 0 atom stereocenters. The van der Waals surface area contributed by atoms with Gasteiger partial charge in [-0.1, -0.05) is 54.1 Å². The number of carbonyl (C=O) groups is 1. The summed E-state index contributed by atoms with van der Waals surface area (Å²) in [5.74, 6) is -0.233. The second-order valence-corrected chi connectivity index (χ2v) is 11.2. The minimum atomic E-state index is -3.78. The van der Waals surface area contributed by atoms with Crippen LogP contribution in [0.2, 0.25) is 0 Å². The zero-order valence-electron chi connectivity index (χ0n) is 19.1. The smallest absolute Gasteiger partial charge is 0.264 e. The summed E-state index contributed by atoms with van der Waals surface area (Å²) < 4.78 is 27.4. The number of anilines is 2. The lowest BCUT2D eigenvalue weighted by molar-refractivity contribution is -0.115. The van der Waals surface area contributed by atoms with E-state index in [2.05, 4.69) is 10.3 Å². The molecule has 0 aliphatic rings. The van der Waals surface area contributed by atoms with Crippen molar-refractivity contribution < 1.29 is 13.2 Å². The van der Waals surface area contributed by atoms with E-state index >= 15 is 0 Å². The van der Waals surface area contributed by atoms with Crippen LogP contribution in [0, 0.1) is 13.8 Å². The van der Waals surface area contributed by atoms with E-state index < -0.39 is 10.0 Å². The summed E-state index contributed by atoms with van der Waals surface area (Å²) in [6, 6.07) is 23.2. The Morgan fingerprint density at radius 3 is 2.38 bits per heavy atom. The zero-order chi connectivity index (χ0) is 24.3. The van der Waals surface area contributed by atoms with Crippen molar-refractivity contribution in [3.05, 3.63) is 94.3 Å². The fraction of sp³-hybridized carbons (Fsp3) is 0.154. The number of amides is 1. The number of benzene rings is 3. The summed E-state index contributed by atoms with van der Waals surface area (Å²) >= 11 is 1.49. The molecule has 1 amide bonds. The standard InChI is InChI=1S/C26H25N3O3S2/c1-18-12-14-20(15-13-18)26-24(33-19(2)27-26)17-25(30)28-21-8-7-11-23(16-21)34(31,32)29(3)22-9-5-4-6-10-22/h4-16H,17H2,1-3H3,(H,28,30). The molecule has 0 fully saturated rings. The molecule has 0 unspecified atom stereocenters. The summed E-state index contributed by atoms with van der Waals surface area (Å²) in [7, 11) is -2.27. The molecule has 0 bridgehead atoms. The van der Waals surface area contributed by atoms with E-state index in [1.807, 2.05) is 44.2 Å². The highest BCUT2D eigenvalue weighted by Crippen LogP contribution is 2.29. The number of nitrogens with zero attached hydrogens (tertiary/aromatic N) is 2. The summed E-state index contributed by atoms with van der Waals surface area (Å²) in [5, 5.41) is 3.72. The molecular formula is C26H25N3O3S2. The molecule has 1 heterocycles. The van der Waals surface area contributed by atoms with Crippen LogP contribution in [0.15, 0.2) is 83.8 Å². The molecule has 1 aromatic heterocycles. The highest BCUT2D eigenvalue weighted by molar-refractivity contribution is 7.92. The molecule has 0 saturated carbocycles. The first-order chi connectivity index (χ1) is 16.2. The molecule has 0 spiro atoms. The number of hydrogen-bond acceptors (Lipinski definition) is 5. The predicted molar refractivity (Wildman–Crippen MR) is 138 cm³/mol. The monoisotopic (exact) mass is 491 g/mol. The SMILES string of the molecule is Cc1ccc(-c2nc(C)sc2CC(=O)Nc2cccc(S(=O)(=O)N(C)c3ccccc3)c2)cc1. The maximum Gasteiger partial charge on any atom is 0.264 e. The average molecular weight is 492 g/mol. The molecular weight excluding hydrogens is 466 g/mol. The second kappa shape index (κ2) is 9.79. The number of aromatic nitrogens is 1. The number of sulfonamides is 1. The Morgan fingerprint density at radius 2 is 1.68 bits per heavy atom. The van der Waals surface area contributed by atoms with Gasteiger partial charge in [-0.3, -0.25) is 9.10 Å². The lowest BCUT2D eigenvalue weighted by Crippen LogP contribution is -2.26. The van der Waals surface area contributed by atoms with E-state index in [9.17, 15) is 13.2 Å². The number of para-hydroxylation sites is 1. The van der Waals surface area contributed by atoms with Crippen LogP contribution in [0.5, 0.6) is 0 Å². The molecule has 0 aliphatic carbocycles. The first-order valence-electron chi connectivity index (χ1n) is 10.7. The van der Waals surface area contributed by atoms with E-state index in [0.717, 1.165) is 26.7 Å². The predicted octanol–water partition coefficient (Wildman–Crippen LogP) is 5.43. The van der Waals surface area contributed by atoms with E-state index in [1.165, 1.54) is 34.8 Å². The molecule has 1 N–H and O–H groups in total. The van der Waals surface area contributed by atoms with Gasteiger partial charge in [-0.05, 0) is 44.2 Å². The minimum absolute atomic E-state index is 0.102. The number of rotatable bonds is 7. The van der Waals surface area contributed by atoms with Crippen LogP contribution in [0.1, 0.15) is 15.4 Å². The maximum absolute atomic E-state index is 13.1. The summed E-state index contributed by atoms with van der Waals surface area (Å²) in [6.07, 6.45) is 0.148. The van der Waals surface area contributed by atoms with Crippen LogP contribution in [0.4, 0.5) is 11.4 Å². The number of carbonyl (C=O) groups excluding carboxylic acids is 1. The molecule has 0 aliphatic heterocycles. The Labute approximate surface area is 204 Å². The number of thiazole rings is 1. The first kappa shape index (κ1) is 23.7. The first-order valence-corrected chi connectivity index (χ1v) is 13.0. The molecule has 0 saturated heterocycles. The average Bonchev–Trinajstić information content (AvgIpc) is 3.19. The van der Waals surface area contributed by atoms with Gasteiger partial charge in [0.15, 0.2) is 0 Å². The van der Waals surface area contributed by atoms with Crippen LogP contribution >= 0.6 is 11.3 Å². The van der Waals surface area contributed by atoms with Crippen LogP contribution in [-0.4, -0.2) is 26.4 Å². The molecule has 3 aromatic carbocycles. The molecule has 4 aromatic rings. The fourth-order valence-corrected chi connectivity index (χ4v) is 5.75. The fourth-order valence-electron chi connectivity index (χ4n) is 3.55. The third-order valence-electron chi connectivity index (χ3n) is 5.35. The summed E-state index contributed by atoms with van der Waals surface area (Å²) in [4.78, 5) is 18.4. The molecule has 34 heavy (non-hydrogen) atoms. The van der Waals surface area contributed by atoms with Crippen molar-refractivity contribution in [1.29, 1.82) is 0 Å². The Bertz CT molecular complexity index is 1410. The topological polar surface area (TPSA) is 79.4 Å². The van der Waals surface area contributed by atoms with Gasteiger partial charge in [-0.2, -0.15) is 0 Å². The van der Waals surface area contributed by atoms with E-state index in [1.54, 1.807) is 36.4 Å². The van der Waals surface area contributed by atoms with Crippen LogP contribution < -0.4 is 9.62 Å². The van der Waals surface area contributed by atoms with Gasteiger partial charge >= 0.3 is 0 Å². The highest BCUT2D eigenvalue weighted by Gasteiger charge is 2.22. The number of nitrogens with one attached hydrogen (secondary N) is 1. The van der Waals surface area contributed by atoms with Gasteiger partial charge in [0.2, 0.25) is 5.91 Å². The summed E-state index contributed by atoms with van der Waals surface area (Å²) in [5.41, 5.74) is 3.91. The van der Waals surface area contributed by atoms with E-state index in [4.69, 9.17) is 0 Å². The van der Waals surface area contributed by atoms with Gasteiger partial charge < -0.3 is 5.32 Å². The lowest BCUT2D eigenvalue weighted by atomic mass is 10.1. The Hall–Kier alpha value is -3.49. The van der Waals surface area contributed by atoms with Crippen molar-refractivity contribution >= 4 is 38.6 Å². The quantitative estimate of drug-likeness (QED) is 0.374. The minimum Gasteiger partial charge on any atom is -0.326 e. The molecule has 8 heteroatoms. The van der Waals surface area contributed by atoms with Crippen molar-refractivity contribution in [1.82, 2.24) is 4.98 Å².